The number of benzene rings is 1. The monoisotopic (exact) mass is 370 g/mol. The predicted octanol–water partition coefficient (Wildman–Crippen LogP) is 2.57. The molecule has 1 aromatic heterocycles. The minimum Gasteiger partial charge on any atom is -0.489 e. The Kier molecular flexibility index (Phi) is 6.66. The van der Waals surface area contributed by atoms with Gasteiger partial charge < -0.3 is 19.9 Å². The number of methoxy groups -OCH3 is 1. The molecule has 0 saturated carbocycles. The van der Waals surface area contributed by atoms with Crippen LogP contribution in [-0.4, -0.2) is 42.4 Å². The number of hydrogen-bond donors (Lipinski definition) is 2. The normalized spacial score (nSPS) is 11.7. The van der Waals surface area contributed by atoms with Crippen LogP contribution in [0.5, 0.6) is 11.6 Å². The molecule has 24 heavy (non-hydrogen) atoms. The summed E-state index contributed by atoms with van der Waals surface area (Å²) in [5, 5.41) is 13.2. The van der Waals surface area contributed by atoms with Crippen LogP contribution in [0.25, 0.3) is 0 Å². The van der Waals surface area contributed by atoms with Gasteiger partial charge in [-0.25, -0.2) is 4.98 Å². The van der Waals surface area contributed by atoms with Gasteiger partial charge in [0.25, 0.3) is 5.91 Å². The van der Waals surface area contributed by atoms with Crippen molar-refractivity contribution in [1.82, 2.24) is 10.3 Å². The summed E-state index contributed by atoms with van der Waals surface area (Å²) in [5.74, 6) is 0.176. The Hall–Kier alpha value is -2.02. The number of carbonyl (C=O) groups is 1. The van der Waals surface area contributed by atoms with E-state index in [9.17, 15) is 9.90 Å². The van der Waals surface area contributed by atoms with Crippen molar-refractivity contribution in [2.45, 2.75) is 6.10 Å². The topological polar surface area (TPSA) is 80.7 Å². The lowest BCUT2D eigenvalue weighted by molar-refractivity contribution is 0.0841. The van der Waals surface area contributed by atoms with E-state index in [1.807, 2.05) is 0 Å². The first-order valence-corrected chi connectivity index (χ1v) is 7.80. The smallest absolute Gasteiger partial charge is 0.256 e. The minimum atomic E-state index is -0.924. The van der Waals surface area contributed by atoms with Crippen molar-refractivity contribution in [2.75, 3.05) is 20.3 Å². The first kappa shape index (κ1) is 18.3. The lowest BCUT2D eigenvalue weighted by Crippen LogP contribution is -2.35. The summed E-state index contributed by atoms with van der Waals surface area (Å²) in [4.78, 5) is 16.0. The Morgan fingerprint density at radius 1 is 1.33 bits per heavy atom. The summed E-state index contributed by atoms with van der Waals surface area (Å²) in [6, 6.07) is 8.16. The van der Waals surface area contributed by atoms with E-state index in [4.69, 9.17) is 32.7 Å². The van der Waals surface area contributed by atoms with Gasteiger partial charge in [0.2, 0.25) is 5.88 Å². The van der Waals surface area contributed by atoms with Gasteiger partial charge in [0.05, 0.1) is 12.1 Å². The lowest BCUT2D eigenvalue weighted by atomic mass is 10.2. The molecule has 0 aliphatic rings. The van der Waals surface area contributed by atoms with Crippen LogP contribution in [0.15, 0.2) is 36.5 Å². The van der Waals surface area contributed by atoms with E-state index in [2.05, 4.69) is 10.3 Å². The predicted molar refractivity (Wildman–Crippen MR) is 91.1 cm³/mol. The summed E-state index contributed by atoms with van der Waals surface area (Å²) in [5.41, 5.74) is 0.283. The summed E-state index contributed by atoms with van der Waals surface area (Å²) in [7, 11) is 1.43. The van der Waals surface area contributed by atoms with Crippen molar-refractivity contribution in [3.8, 4) is 11.6 Å². The number of aliphatic hydroxyl groups excluding tert-OH is 1. The van der Waals surface area contributed by atoms with Gasteiger partial charge in [0, 0.05) is 12.7 Å². The number of aliphatic hydroxyl groups is 1. The number of carbonyl (C=O) groups excluding carboxylic acids is 1. The van der Waals surface area contributed by atoms with E-state index in [-0.39, 0.29) is 29.6 Å². The fraction of sp³-hybridized carbons (Fsp3) is 0.250. The number of ether oxygens (including phenoxy) is 2. The zero-order valence-corrected chi connectivity index (χ0v) is 14.3. The molecule has 6 nitrogen and oxygen atoms in total. The van der Waals surface area contributed by atoms with Crippen LogP contribution in [0.2, 0.25) is 10.0 Å². The Balaban J connectivity index is 1.85. The Bertz CT molecular complexity index is 712. The van der Waals surface area contributed by atoms with Crippen LogP contribution >= 0.6 is 23.2 Å². The average Bonchev–Trinajstić information content (AvgIpc) is 2.60. The molecule has 0 aliphatic carbocycles. The van der Waals surface area contributed by atoms with Gasteiger partial charge >= 0.3 is 0 Å². The third kappa shape index (κ3) is 4.74. The standard InChI is InChI=1S/C16H16Cl2N2O4/c1-23-16-11(4-3-7-19-16)15(22)20-8-10(21)9-24-13-6-2-5-12(17)14(13)18/h2-7,10,21H,8-9H2,1H3,(H,20,22). The van der Waals surface area contributed by atoms with E-state index in [1.54, 1.807) is 30.3 Å². The van der Waals surface area contributed by atoms with Crippen molar-refractivity contribution in [3.63, 3.8) is 0 Å². The number of aromatic nitrogens is 1. The Labute approximate surface area is 149 Å². The van der Waals surface area contributed by atoms with Gasteiger partial charge in [-0.3, -0.25) is 4.79 Å². The highest BCUT2D eigenvalue weighted by atomic mass is 35.5. The summed E-state index contributed by atoms with van der Waals surface area (Å²) in [6.07, 6.45) is 0.596. The first-order valence-electron chi connectivity index (χ1n) is 7.05. The van der Waals surface area contributed by atoms with Gasteiger partial charge in [-0.1, -0.05) is 29.3 Å². The molecule has 0 spiro atoms. The van der Waals surface area contributed by atoms with Crippen LogP contribution in [0, 0.1) is 0 Å². The van der Waals surface area contributed by atoms with E-state index in [1.165, 1.54) is 13.3 Å². The maximum absolute atomic E-state index is 12.1. The molecule has 1 unspecified atom stereocenters. The highest BCUT2D eigenvalue weighted by Crippen LogP contribution is 2.31. The summed E-state index contributed by atoms with van der Waals surface area (Å²) < 4.78 is 10.4. The van der Waals surface area contributed by atoms with Gasteiger partial charge in [-0.05, 0) is 24.3 Å². The molecule has 1 atom stereocenters. The number of amides is 1. The van der Waals surface area contributed by atoms with Crippen molar-refractivity contribution in [2.24, 2.45) is 0 Å². The Morgan fingerprint density at radius 3 is 2.88 bits per heavy atom. The first-order chi connectivity index (χ1) is 11.5. The number of nitrogens with one attached hydrogen (secondary N) is 1. The molecule has 1 amide bonds. The maximum Gasteiger partial charge on any atom is 0.256 e. The molecule has 0 aliphatic heterocycles. The molecule has 128 valence electrons. The van der Waals surface area contributed by atoms with Crippen molar-refractivity contribution in [3.05, 3.63) is 52.1 Å². The van der Waals surface area contributed by atoms with Gasteiger partial charge in [-0.15, -0.1) is 0 Å². The van der Waals surface area contributed by atoms with Crippen LogP contribution in [-0.2, 0) is 0 Å². The molecule has 2 N–H and O–H groups in total. The zero-order chi connectivity index (χ0) is 17.5. The molecule has 2 rings (SSSR count). The third-order valence-electron chi connectivity index (χ3n) is 3.05. The SMILES string of the molecule is COc1ncccc1C(=O)NCC(O)COc1cccc(Cl)c1Cl. The Morgan fingerprint density at radius 2 is 2.12 bits per heavy atom. The van der Waals surface area contributed by atoms with Crippen LogP contribution in [0.3, 0.4) is 0 Å². The number of nitrogens with zero attached hydrogens (tertiary/aromatic N) is 1. The molecule has 2 aromatic rings. The fourth-order valence-corrected chi connectivity index (χ4v) is 2.22. The van der Waals surface area contributed by atoms with E-state index < -0.39 is 12.0 Å². The third-order valence-corrected chi connectivity index (χ3v) is 3.86. The molecular weight excluding hydrogens is 355 g/mol. The largest absolute Gasteiger partial charge is 0.489 e. The number of hydrogen-bond acceptors (Lipinski definition) is 5. The van der Waals surface area contributed by atoms with Crippen molar-refractivity contribution >= 4 is 29.1 Å². The highest BCUT2D eigenvalue weighted by molar-refractivity contribution is 6.42. The summed E-state index contributed by atoms with van der Waals surface area (Å²) >= 11 is 11.9. The number of rotatable bonds is 7. The van der Waals surface area contributed by atoms with Crippen LogP contribution in [0.4, 0.5) is 0 Å². The lowest BCUT2D eigenvalue weighted by Gasteiger charge is -2.15. The van der Waals surface area contributed by atoms with Gasteiger partial charge in [0.1, 0.15) is 29.0 Å². The van der Waals surface area contributed by atoms with E-state index in [0.717, 1.165) is 0 Å². The molecule has 0 radical (unpaired) electrons. The van der Waals surface area contributed by atoms with Crippen LogP contribution < -0.4 is 14.8 Å². The quantitative estimate of drug-likeness (QED) is 0.782. The van der Waals surface area contributed by atoms with Crippen LogP contribution in [0.1, 0.15) is 10.4 Å². The fourth-order valence-electron chi connectivity index (χ4n) is 1.87. The number of pyridine rings is 1. The second-order valence-corrected chi connectivity index (χ2v) is 5.57. The molecule has 0 saturated heterocycles. The zero-order valence-electron chi connectivity index (χ0n) is 12.8. The molecule has 0 fully saturated rings. The maximum atomic E-state index is 12.1. The second kappa shape index (κ2) is 8.73. The molecule has 1 heterocycles. The van der Waals surface area contributed by atoms with Crippen molar-refractivity contribution in [1.29, 1.82) is 0 Å². The van der Waals surface area contributed by atoms with Crippen molar-refractivity contribution < 1.29 is 19.4 Å². The van der Waals surface area contributed by atoms with Gasteiger partial charge in [0.15, 0.2) is 0 Å². The molecule has 0 bridgehead atoms. The summed E-state index contributed by atoms with van der Waals surface area (Å²) in [6.45, 7) is -0.0560. The highest BCUT2D eigenvalue weighted by Gasteiger charge is 2.15. The molecule has 8 heteroatoms. The molecular formula is C16H16Cl2N2O4. The minimum absolute atomic E-state index is 0.00489. The van der Waals surface area contributed by atoms with E-state index >= 15 is 0 Å². The van der Waals surface area contributed by atoms with E-state index in [0.29, 0.717) is 10.8 Å². The second-order valence-electron chi connectivity index (χ2n) is 4.79. The average molecular weight is 371 g/mol. The van der Waals surface area contributed by atoms with Gasteiger partial charge in [-0.2, -0.15) is 0 Å². The molecule has 1 aromatic carbocycles. The number of halogens is 2.